The molecule has 2 fully saturated rings. The zero-order valence-corrected chi connectivity index (χ0v) is 22.7. The summed E-state index contributed by atoms with van der Waals surface area (Å²) < 4.78 is 22.9. The van der Waals surface area contributed by atoms with Gasteiger partial charge in [0, 0.05) is 24.8 Å². The molecule has 2 aliphatic carbocycles. The van der Waals surface area contributed by atoms with Gasteiger partial charge in [0.25, 0.3) is 0 Å². The van der Waals surface area contributed by atoms with Crippen LogP contribution in [0.15, 0.2) is 22.8 Å². The summed E-state index contributed by atoms with van der Waals surface area (Å²) in [6, 6.07) is 0. The van der Waals surface area contributed by atoms with Crippen molar-refractivity contribution >= 4 is 23.9 Å². The first-order chi connectivity index (χ1) is 17.0. The number of allylic oxidation sites excluding steroid dienone is 1. The number of hydrogen-bond donors (Lipinski definition) is 2. The van der Waals surface area contributed by atoms with Gasteiger partial charge in [-0.3, -0.25) is 9.59 Å². The maximum atomic E-state index is 12.9. The van der Waals surface area contributed by atoms with Gasteiger partial charge in [0.05, 0.1) is 5.92 Å². The predicted octanol–water partition coefficient (Wildman–Crippen LogP) is 2.29. The molecule has 206 valence electrons. The van der Waals surface area contributed by atoms with E-state index in [0.29, 0.717) is 23.1 Å². The fraction of sp³-hybridized carbons (Fsp3) is 0.704. The van der Waals surface area contributed by atoms with Crippen molar-refractivity contribution in [2.75, 3.05) is 0 Å². The van der Waals surface area contributed by atoms with Crippen molar-refractivity contribution in [1.82, 2.24) is 0 Å². The Bertz CT molecular complexity index is 1060. The van der Waals surface area contributed by atoms with Crippen LogP contribution in [-0.2, 0) is 38.1 Å². The number of carbonyl (C=O) groups excluding carboxylic acids is 4. The van der Waals surface area contributed by atoms with Crippen molar-refractivity contribution in [1.29, 1.82) is 0 Å². The minimum absolute atomic E-state index is 0.173. The highest BCUT2D eigenvalue weighted by molar-refractivity contribution is 5.88. The van der Waals surface area contributed by atoms with Gasteiger partial charge in [0.1, 0.15) is 17.8 Å². The first-order valence-corrected chi connectivity index (χ1v) is 12.6. The second-order valence-corrected chi connectivity index (χ2v) is 10.8. The van der Waals surface area contributed by atoms with Crippen molar-refractivity contribution < 1.29 is 48.3 Å². The quantitative estimate of drug-likeness (QED) is 0.231. The van der Waals surface area contributed by atoms with Crippen LogP contribution in [0.25, 0.3) is 0 Å². The van der Waals surface area contributed by atoms with Gasteiger partial charge in [-0.05, 0) is 58.6 Å². The summed E-state index contributed by atoms with van der Waals surface area (Å²) in [7, 11) is 0. The van der Waals surface area contributed by atoms with Gasteiger partial charge in [0.15, 0.2) is 17.3 Å². The normalized spacial score (nSPS) is 38.2. The summed E-state index contributed by atoms with van der Waals surface area (Å²) >= 11 is 0. The summed E-state index contributed by atoms with van der Waals surface area (Å²) in [6.45, 7) is 12.4. The van der Waals surface area contributed by atoms with Crippen molar-refractivity contribution in [3.63, 3.8) is 0 Å². The highest BCUT2D eigenvalue weighted by Crippen LogP contribution is 2.56. The number of aliphatic hydroxyl groups is 2. The molecule has 0 aromatic rings. The molecule has 0 aromatic carbocycles. The highest BCUT2D eigenvalue weighted by Gasteiger charge is 2.74. The smallest absolute Gasteiger partial charge is 0.341 e. The maximum Gasteiger partial charge on any atom is 0.341 e. The number of fused-ring (bicyclic) bond motifs is 3. The van der Waals surface area contributed by atoms with E-state index >= 15 is 0 Å². The van der Waals surface area contributed by atoms with Crippen LogP contribution in [0.5, 0.6) is 0 Å². The minimum atomic E-state index is -2.45. The molecule has 37 heavy (non-hydrogen) atoms. The largest absolute Gasteiger partial charge is 0.459 e. The van der Waals surface area contributed by atoms with Gasteiger partial charge in [-0.25, -0.2) is 9.59 Å². The van der Waals surface area contributed by atoms with Crippen LogP contribution < -0.4 is 0 Å². The van der Waals surface area contributed by atoms with E-state index in [1.807, 2.05) is 0 Å². The van der Waals surface area contributed by atoms with Crippen LogP contribution in [0.3, 0.4) is 0 Å². The van der Waals surface area contributed by atoms with Gasteiger partial charge >= 0.3 is 23.9 Å². The van der Waals surface area contributed by atoms with E-state index in [1.165, 1.54) is 6.92 Å². The first-order valence-electron chi connectivity index (χ1n) is 12.6. The Morgan fingerprint density at radius 2 is 1.81 bits per heavy atom. The number of ether oxygens (including phenoxy) is 4. The molecule has 1 saturated carbocycles. The van der Waals surface area contributed by atoms with E-state index in [2.05, 4.69) is 0 Å². The van der Waals surface area contributed by atoms with Gasteiger partial charge in [-0.15, -0.1) is 0 Å². The van der Waals surface area contributed by atoms with Crippen LogP contribution in [0.2, 0.25) is 0 Å². The third kappa shape index (κ3) is 4.58. The average Bonchev–Trinajstić information content (AvgIpc) is 3.20. The summed E-state index contributed by atoms with van der Waals surface area (Å²) in [5.74, 6) is -4.06. The monoisotopic (exact) mass is 522 g/mol. The number of esters is 4. The van der Waals surface area contributed by atoms with Crippen LogP contribution in [0.1, 0.15) is 74.7 Å². The van der Waals surface area contributed by atoms with Gasteiger partial charge in [0.2, 0.25) is 0 Å². The molecule has 3 rings (SSSR count). The summed E-state index contributed by atoms with van der Waals surface area (Å²) in [4.78, 5) is 50.5. The van der Waals surface area contributed by atoms with E-state index in [4.69, 9.17) is 18.9 Å². The van der Waals surface area contributed by atoms with E-state index in [1.54, 1.807) is 47.6 Å². The molecule has 3 aliphatic rings. The summed E-state index contributed by atoms with van der Waals surface area (Å²) in [5, 5.41) is 23.4. The molecule has 8 atom stereocenters. The lowest BCUT2D eigenvalue weighted by molar-refractivity contribution is -0.212. The summed E-state index contributed by atoms with van der Waals surface area (Å²) in [5.41, 5.74) is -4.94. The van der Waals surface area contributed by atoms with Crippen molar-refractivity contribution in [3.05, 3.63) is 22.8 Å². The van der Waals surface area contributed by atoms with Crippen LogP contribution in [-0.4, -0.2) is 69.2 Å². The Balaban J connectivity index is 2.21. The Hall–Kier alpha value is -2.72. The summed E-state index contributed by atoms with van der Waals surface area (Å²) in [6.07, 6.45) is -1.63. The van der Waals surface area contributed by atoms with Crippen molar-refractivity contribution in [3.8, 4) is 0 Å². The molecule has 1 aliphatic heterocycles. The first kappa shape index (κ1) is 28.8. The molecular formula is C27H38O10. The molecule has 10 heteroatoms. The van der Waals surface area contributed by atoms with Crippen molar-refractivity contribution in [2.45, 2.75) is 110 Å². The van der Waals surface area contributed by atoms with Gasteiger partial charge in [-0.2, -0.15) is 0 Å². The second-order valence-electron chi connectivity index (χ2n) is 10.8. The molecule has 2 N–H and O–H groups in total. The van der Waals surface area contributed by atoms with E-state index < -0.39 is 70.8 Å². The lowest BCUT2D eigenvalue weighted by Gasteiger charge is -2.41. The molecule has 0 spiro atoms. The molecule has 0 bridgehead atoms. The Labute approximate surface area is 217 Å². The Morgan fingerprint density at radius 3 is 2.35 bits per heavy atom. The molecule has 1 saturated heterocycles. The van der Waals surface area contributed by atoms with Crippen LogP contribution in [0, 0.1) is 11.8 Å². The van der Waals surface area contributed by atoms with Gasteiger partial charge < -0.3 is 29.2 Å². The van der Waals surface area contributed by atoms with Crippen LogP contribution in [0.4, 0.5) is 0 Å². The Morgan fingerprint density at radius 1 is 1.19 bits per heavy atom. The zero-order chi connectivity index (χ0) is 28.1. The molecule has 0 radical (unpaired) electrons. The van der Waals surface area contributed by atoms with E-state index in [-0.39, 0.29) is 12.8 Å². The highest BCUT2D eigenvalue weighted by atomic mass is 16.6. The number of carbonyl (C=O) groups is 4. The molecule has 0 unspecified atom stereocenters. The standard InChI is InChI=1S/C27H38O10/c1-9-13(3)22(29)34-18-11-17-20(15(18)5)21-27(33,26(8,32)24(31)36-21)19(35-23(30)14(4)10-2)12-25(17,7)37-16(6)28/h9,14,17-19,21,32-33H,10-12H2,1-8H3/b13-9-/t14-,17-,18+,19-,21+,25-,26+,27-/m1/s1. The van der Waals surface area contributed by atoms with Crippen LogP contribution >= 0.6 is 0 Å². The molecular weight excluding hydrogens is 484 g/mol. The fourth-order valence-electron chi connectivity index (χ4n) is 5.60. The molecule has 0 aromatic heterocycles. The lowest BCUT2D eigenvalue weighted by atomic mass is 9.75. The number of hydrogen-bond acceptors (Lipinski definition) is 10. The lowest BCUT2D eigenvalue weighted by Crippen LogP contribution is -2.64. The predicted molar refractivity (Wildman–Crippen MR) is 130 cm³/mol. The third-order valence-corrected chi connectivity index (χ3v) is 8.32. The molecule has 10 nitrogen and oxygen atoms in total. The van der Waals surface area contributed by atoms with E-state index in [9.17, 15) is 29.4 Å². The SMILES string of the molecule is C/C=C(/C)C(=O)O[C@H]1C[C@@H]2C(=C1C)[C@@H]1OC(=O)[C@](C)(O)[C@@]1(O)[C@H](OC(=O)[C@H](C)CC)C[C@@]2(C)OC(C)=O. The van der Waals surface area contributed by atoms with E-state index in [0.717, 1.165) is 6.92 Å². The molecule has 1 heterocycles. The Kier molecular flexibility index (Phi) is 7.69. The maximum absolute atomic E-state index is 12.9. The zero-order valence-electron chi connectivity index (χ0n) is 22.7. The minimum Gasteiger partial charge on any atom is -0.459 e. The van der Waals surface area contributed by atoms with Crippen molar-refractivity contribution in [2.24, 2.45) is 11.8 Å². The number of rotatable bonds is 6. The average molecular weight is 523 g/mol. The third-order valence-electron chi connectivity index (χ3n) is 8.32. The fourth-order valence-corrected chi connectivity index (χ4v) is 5.60. The topological polar surface area (TPSA) is 146 Å². The van der Waals surface area contributed by atoms with Gasteiger partial charge in [-0.1, -0.05) is 19.9 Å². The second kappa shape index (κ2) is 9.87. The molecule has 0 amide bonds.